The second-order valence-electron chi connectivity index (χ2n) is 8.67. The van der Waals surface area contributed by atoms with Crippen LogP contribution in [0.15, 0.2) is 5.11 Å². The molecule has 0 spiro atoms. The molecule has 0 aromatic carbocycles. The van der Waals surface area contributed by atoms with Crippen molar-refractivity contribution >= 4 is 24.5 Å². The number of carbonyl (C=O) groups excluding carboxylic acids is 1. The SMILES string of the molecule is CCC[CH2][Sn]([CH2]CCC)([CH2]CCC)[CH2]N(CCN=[N+]=[N-])C(=O)OC(C)(C)C. The molecule has 0 aromatic heterocycles. The van der Waals surface area contributed by atoms with Crippen molar-refractivity contribution in [2.75, 3.05) is 17.7 Å². The van der Waals surface area contributed by atoms with Crippen molar-refractivity contribution in [2.24, 2.45) is 5.11 Å². The molecule has 7 heteroatoms. The Balaban J connectivity index is 5.52. The number of amides is 1. The van der Waals surface area contributed by atoms with Gasteiger partial charge in [0.25, 0.3) is 0 Å². The summed E-state index contributed by atoms with van der Waals surface area (Å²) < 4.78 is 10.6. The quantitative estimate of drug-likeness (QED) is 0.115. The Kier molecular flexibility index (Phi) is 14.1. The van der Waals surface area contributed by atoms with Gasteiger partial charge in [0.1, 0.15) is 0 Å². The molecule has 0 aliphatic carbocycles. The fraction of sp³-hybridized carbons (Fsp3) is 0.950. The predicted molar refractivity (Wildman–Crippen MR) is 117 cm³/mol. The van der Waals surface area contributed by atoms with E-state index in [-0.39, 0.29) is 6.09 Å². The number of carbonyl (C=O) groups is 1. The Morgan fingerprint density at radius 2 is 1.52 bits per heavy atom. The van der Waals surface area contributed by atoms with Crippen LogP contribution in [0.2, 0.25) is 13.3 Å². The molecule has 0 N–H and O–H groups in total. The summed E-state index contributed by atoms with van der Waals surface area (Å²) in [5, 5.41) is 3.66. The maximum absolute atomic E-state index is 12.9. The minimum atomic E-state index is -2.53. The first-order chi connectivity index (χ1) is 12.7. The monoisotopic (exact) mass is 490 g/mol. The molecule has 158 valence electrons. The number of ether oxygens (including phenoxy) is 1. The van der Waals surface area contributed by atoms with E-state index in [0.29, 0.717) is 13.1 Å². The fourth-order valence-electron chi connectivity index (χ4n) is 3.44. The maximum atomic E-state index is 12.9. The molecule has 0 radical (unpaired) electrons. The number of unbranched alkanes of at least 4 members (excludes halogenated alkanes) is 3. The van der Waals surface area contributed by atoms with Crippen LogP contribution in [0.25, 0.3) is 10.4 Å². The molecule has 0 aliphatic heterocycles. The van der Waals surface area contributed by atoms with Crippen LogP contribution >= 0.6 is 0 Å². The summed E-state index contributed by atoms with van der Waals surface area (Å²) in [7, 11) is 0. The van der Waals surface area contributed by atoms with Crippen LogP contribution in [-0.4, -0.2) is 52.6 Å². The number of rotatable bonds is 14. The molecule has 0 rings (SSSR count). The van der Waals surface area contributed by atoms with Crippen molar-refractivity contribution < 1.29 is 9.53 Å². The van der Waals surface area contributed by atoms with E-state index >= 15 is 0 Å². The number of nitrogens with zero attached hydrogens (tertiary/aromatic N) is 4. The Bertz CT molecular complexity index is 438. The van der Waals surface area contributed by atoms with Crippen molar-refractivity contribution in [1.82, 2.24) is 4.90 Å². The van der Waals surface area contributed by atoms with Gasteiger partial charge in [-0.1, -0.05) is 0 Å². The Hall–Kier alpha value is -0.621. The summed E-state index contributed by atoms with van der Waals surface area (Å²) in [6.07, 6.45) is 7.18. The molecule has 0 bridgehead atoms. The van der Waals surface area contributed by atoms with E-state index in [0.717, 1.165) is 4.56 Å². The van der Waals surface area contributed by atoms with Gasteiger partial charge >= 0.3 is 171 Å². The summed E-state index contributed by atoms with van der Waals surface area (Å²) in [5.74, 6) is 0. The zero-order valence-electron chi connectivity index (χ0n) is 18.6. The van der Waals surface area contributed by atoms with Gasteiger partial charge < -0.3 is 0 Å². The van der Waals surface area contributed by atoms with Gasteiger partial charge in [-0.15, -0.1) is 0 Å². The van der Waals surface area contributed by atoms with Gasteiger partial charge in [0.2, 0.25) is 0 Å². The second kappa shape index (κ2) is 14.4. The molecular weight excluding hydrogens is 447 g/mol. The van der Waals surface area contributed by atoms with Gasteiger partial charge in [-0.25, -0.2) is 0 Å². The van der Waals surface area contributed by atoms with Gasteiger partial charge in [-0.2, -0.15) is 0 Å². The molecule has 0 heterocycles. The normalized spacial score (nSPS) is 11.8. The fourth-order valence-corrected chi connectivity index (χ4v) is 19.5. The summed E-state index contributed by atoms with van der Waals surface area (Å²) >= 11 is -2.53. The van der Waals surface area contributed by atoms with E-state index in [1.165, 1.54) is 51.8 Å². The van der Waals surface area contributed by atoms with Crippen molar-refractivity contribution in [1.29, 1.82) is 0 Å². The zero-order valence-corrected chi connectivity index (χ0v) is 21.4. The molecule has 0 aromatic rings. The van der Waals surface area contributed by atoms with Crippen LogP contribution in [0.1, 0.15) is 80.1 Å². The first-order valence-electron chi connectivity index (χ1n) is 10.7. The molecule has 6 nitrogen and oxygen atoms in total. The molecule has 0 aliphatic rings. The molecule has 0 atom stereocenters. The third-order valence-corrected chi connectivity index (χ3v) is 20.0. The minimum absolute atomic E-state index is 0.249. The molecule has 0 unspecified atom stereocenters. The Morgan fingerprint density at radius 3 is 1.89 bits per heavy atom. The summed E-state index contributed by atoms with van der Waals surface area (Å²) in [4.78, 5) is 17.6. The first kappa shape index (κ1) is 26.4. The molecule has 1 amide bonds. The van der Waals surface area contributed by atoms with E-state index in [2.05, 4.69) is 30.8 Å². The Labute approximate surface area is 170 Å². The van der Waals surface area contributed by atoms with Gasteiger partial charge in [0.05, 0.1) is 0 Å². The van der Waals surface area contributed by atoms with Crippen molar-refractivity contribution in [2.45, 2.75) is 99.0 Å². The van der Waals surface area contributed by atoms with Crippen LogP contribution in [0.4, 0.5) is 4.79 Å². The van der Waals surface area contributed by atoms with E-state index < -0.39 is 24.0 Å². The molecule has 0 saturated carbocycles. The van der Waals surface area contributed by atoms with Gasteiger partial charge in [-0.3, -0.25) is 0 Å². The van der Waals surface area contributed by atoms with Gasteiger partial charge in [0.15, 0.2) is 0 Å². The first-order valence-corrected chi connectivity index (χ1v) is 18.8. The van der Waals surface area contributed by atoms with E-state index in [4.69, 9.17) is 10.3 Å². The third kappa shape index (κ3) is 12.5. The average molecular weight is 489 g/mol. The summed E-state index contributed by atoms with van der Waals surface area (Å²) in [5.41, 5.74) is 8.11. The second-order valence-corrected chi connectivity index (χ2v) is 22.4. The number of hydrogen-bond donors (Lipinski definition) is 0. The van der Waals surface area contributed by atoms with Gasteiger partial charge in [-0.05, 0) is 0 Å². The number of azide groups is 1. The van der Waals surface area contributed by atoms with Crippen LogP contribution in [0, 0.1) is 0 Å². The van der Waals surface area contributed by atoms with Crippen LogP contribution in [-0.2, 0) is 4.74 Å². The molecule has 0 fully saturated rings. The van der Waals surface area contributed by atoms with Crippen molar-refractivity contribution in [3.8, 4) is 0 Å². The predicted octanol–water partition coefficient (Wildman–Crippen LogP) is 6.92. The van der Waals surface area contributed by atoms with E-state index in [1.54, 1.807) is 0 Å². The van der Waals surface area contributed by atoms with Crippen molar-refractivity contribution in [3.05, 3.63) is 10.4 Å². The van der Waals surface area contributed by atoms with Crippen LogP contribution < -0.4 is 0 Å². The van der Waals surface area contributed by atoms with E-state index in [1.807, 2.05) is 25.7 Å². The van der Waals surface area contributed by atoms with E-state index in [9.17, 15) is 4.79 Å². The zero-order chi connectivity index (χ0) is 20.8. The average Bonchev–Trinajstić information content (AvgIpc) is 2.60. The number of hydrogen-bond acceptors (Lipinski definition) is 3. The van der Waals surface area contributed by atoms with Crippen LogP contribution in [0.5, 0.6) is 0 Å². The standard InChI is InChI=1S/C8H15N4O2.3C4H9.Sn/c1-8(2,3)14-7(13)12(4)6-5-10-11-9;3*1-3-4-2;/h4-6H2,1-3H3;3*1,3-4H2,2H3;. The molecule has 27 heavy (non-hydrogen) atoms. The molecule has 0 saturated heterocycles. The third-order valence-electron chi connectivity index (χ3n) is 4.89. The van der Waals surface area contributed by atoms with Crippen LogP contribution in [0.3, 0.4) is 0 Å². The summed E-state index contributed by atoms with van der Waals surface area (Å²) in [6.45, 7) is 13.2. The van der Waals surface area contributed by atoms with Crippen molar-refractivity contribution in [3.63, 3.8) is 0 Å². The molecular formula is C20H42N4O2Sn. The topological polar surface area (TPSA) is 78.3 Å². The van der Waals surface area contributed by atoms with Gasteiger partial charge in [0, 0.05) is 0 Å². The summed E-state index contributed by atoms with van der Waals surface area (Å²) in [6, 6.07) is 0. The Morgan fingerprint density at radius 1 is 1.04 bits per heavy atom.